The highest BCUT2D eigenvalue weighted by Crippen LogP contribution is 2.35. The molecule has 98 valence electrons. The molecule has 0 unspecified atom stereocenters. The van der Waals surface area contributed by atoms with Crippen molar-refractivity contribution in [3.63, 3.8) is 0 Å². The average Bonchev–Trinajstić information content (AvgIpc) is 2.73. The normalized spacial score (nSPS) is 23.5. The topological polar surface area (TPSA) is 53.8 Å². The van der Waals surface area contributed by atoms with Gasteiger partial charge in [0.05, 0.1) is 19.2 Å². The number of alkyl halides is 3. The highest BCUT2D eigenvalue weighted by Gasteiger charge is 2.57. The molecule has 4 nitrogen and oxygen atoms in total. The van der Waals surface area contributed by atoms with Crippen LogP contribution in [0.2, 0.25) is 0 Å². The van der Waals surface area contributed by atoms with E-state index in [9.17, 15) is 18.3 Å². The lowest BCUT2D eigenvalue weighted by Gasteiger charge is -2.24. The lowest BCUT2D eigenvalue weighted by molar-refractivity contribution is -0.266. The summed E-state index contributed by atoms with van der Waals surface area (Å²) in [6.45, 7) is 0. The molecule has 2 N–H and O–H groups in total. The first kappa shape index (κ1) is 12.7. The second-order valence-corrected chi connectivity index (χ2v) is 3.93. The van der Waals surface area contributed by atoms with E-state index in [1.807, 2.05) is 0 Å². The molecule has 2 rings (SSSR count). The summed E-state index contributed by atoms with van der Waals surface area (Å²) in [5, 5.41) is 12.9. The van der Waals surface area contributed by atoms with Crippen LogP contribution in [0.5, 0.6) is 5.75 Å². The number of ether oxygens (including phenoxy) is 1. The second-order valence-electron chi connectivity index (χ2n) is 3.93. The third kappa shape index (κ3) is 2.13. The van der Waals surface area contributed by atoms with E-state index in [-0.39, 0.29) is 5.71 Å². The number of hydrogen-bond acceptors (Lipinski definition) is 4. The molecule has 7 heteroatoms. The number of aliphatic hydroxyl groups is 1. The molecule has 0 aromatic heterocycles. The minimum absolute atomic E-state index is 0.150. The quantitative estimate of drug-likeness (QED) is 0.850. The van der Waals surface area contributed by atoms with Gasteiger partial charge in [-0.05, 0) is 29.8 Å². The number of nitrogens with one attached hydrogen (secondary N) is 1. The van der Waals surface area contributed by atoms with Crippen molar-refractivity contribution < 1.29 is 23.0 Å². The summed E-state index contributed by atoms with van der Waals surface area (Å²) in [6, 6.07) is 6.40. The van der Waals surface area contributed by atoms with E-state index in [1.54, 1.807) is 29.7 Å². The molecule has 1 aromatic rings. The highest BCUT2D eigenvalue weighted by atomic mass is 19.4. The van der Waals surface area contributed by atoms with Crippen LogP contribution < -0.4 is 10.2 Å². The molecule has 0 amide bonds. The Bertz CT molecular complexity index is 470. The van der Waals surface area contributed by atoms with Gasteiger partial charge in [-0.1, -0.05) is 0 Å². The van der Waals surface area contributed by atoms with Gasteiger partial charge in [0.2, 0.25) is 0 Å². The number of benzene rings is 1. The Morgan fingerprint density at radius 1 is 1.33 bits per heavy atom. The fourth-order valence-electron chi connectivity index (χ4n) is 1.59. The molecule has 1 aromatic carbocycles. The monoisotopic (exact) mass is 260 g/mol. The van der Waals surface area contributed by atoms with Crippen LogP contribution in [0.25, 0.3) is 0 Å². The molecule has 1 aliphatic rings. The smallest absolute Gasteiger partial charge is 0.438 e. The molecule has 0 saturated carbocycles. The largest absolute Gasteiger partial charge is 0.497 e. The molecule has 0 radical (unpaired) electrons. The Morgan fingerprint density at radius 3 is 2.39 bits per heavy atom. The molecular weight excluding hydrogens is 249 g/mol. The third-order valence-corrected chi connectivity index (χ3v) is 2.69. The molecule has 0 saturated heterocycles. The first-order valence-corrected chi connectivity index (χ1v) is 5.13. The van der Waals surface area contributed by atoms with E-state index < -0.39 is 18.3 Å². The predicted molar refractivity (Wildman–Crippen MR) is 58.3 cm³/mol. The molecular formula is C11H11F3N2O2. The highest BCUT2D eigenvalue weighted by molar-refractivity contribution is 6.02. The lowest BCUT2D eigenvalue weighted by Crippen LogP contribution is -2.52. The number of hydrogen-bond donors (Lipinski definition) is 2. The van der Waals surface area contributed by atoms with Crippen molar-refractivity contribution in [1.82, 2.24) is 5.43 Å². The predicted octanol–water partition coefficient (Wildman–Crippen LogP) is 1.64. The summed E-state index contributed by atoms with van der Waals surface area (Å²) in [5.74, 6) is 0.594. The van der Waals surface area contributed by atoms with E-state index in [1.165, 1.54) is 7.11 Å². The van der Waals surface area contributed by atoms with Crippen LogP contribution >= 0.6 is 0 Å². The van der Waals surface area contributed by atoms with Crippen LogP contribution in [-0.2, 0) is 0 Å². The minimum atomic E-state index is -4.77. The van der Waals surface area contributed by atoms with Crippen LogP contribution in [0.15, 0.2) is 29.4 Å². The van der Waals surface area contributed by atoms with Crippen LogP contribution in [-0.4, -0.2) is 29.8 Å². The maximum Gasteiger partial charge on any atom is 0.438 e. The van der Waals surface area contributed by atoms with E-state index >= 15 is 0 Å². The van der Waals surface area contributed by atoms with Crippen LogP contribution in [0.3, 0.4) is 0 Å². The van der Waals surface area contributed by atoms with Crippen molar-refractivity contribution >= 4 is 5.71 Å². The van der Waals surface area contributed by atoms with Gasteiger partial charge in [-0.3, -0.25) is 5.43 Å². The lowest BCUT2D eigenvalue weighted by atomic mass is 10.0. The van der Waals surface area contributed by atoms with Gasteiger partial charge in [0.25, 0.3) is 5.72 Å². The van der Waals surface area contributed by atoms with E-state index in [4.69, 9.17) is 4.74 Å². The summed E-state index contributed by atoms with van der Waals surface area (Å²) < 4.78 is 42.6. The van der Waals surface area contributed by atoms with Crippen molar-refractivity contribution in [3.8, 4) is 5.75 Å². The summed E-state index contributed by atoms with van der Waals surface area (Å²) in [4.78, 5) is 0. The summed E-state index contributed by atoms with van der Waals surface area (Å²) in [5.41, 5.74) is -0.593. The summed E-state index contributed by atoms with van der Waals surface area (Å²) in [6.07, 6.45) is -5.40. The maximum absolute atomic E-state index is 12.5. The van der Waals surface area contributed by atoms with Gasteiger partial charge in [-0.15, -0.1) is 0 Å². The van der Waals surface area contributed by atoms with Crippen molar-refractivity contribution in [1.29, 1.82) is 0 Å². The summed E-state index contributed by atoms with van der Waals surface area (Å²) >= 11 is 0. The van der Waals surface area contributed by atoms with Gasteiger partial charge in [0, 0.05) is 0 Å². The molecule has 1 aliphatic heterocycles. The van der Waals surface area contributed by atoms with Crippen molar-refractivity contribution in [2.24, 2.45) is 5.10 Å². The van der Waals surface area contributed by atoms with Gasteiger partial charge in [-0.25, -0.2) is 0 Å². The number of nitrogens with zero attached hydrogens (tertiary/aromatic N) is 1. The molecule has 1 heterocycles. The zero-order chi connectivity index (χ0) is 13.4. The first-order chi connectivity index (χ1) is 8.36. The van der Waals surface area contributed by atoms with Crippen LogP contribution in [0.1, 0.15) is 12.0 Å². The molecule has 0 bridgehead atoms. The Morgan fingerprint density at radius 2 is 1.94 bits per heavy atom. The van der Waals surface area contributed by atoms with Gasteiger partial charge in [-0.2, -0.15) is 18.3 Å². The van der Waals surface area contributed by atoms with Gasteiger partial charge < -0.3 is 9.84 Å². The SMILES string of the molecule is COc1ccc(C2=NN[C@@](O)(C(F)(F)F)C2)cc1. The third-order valence-electron chi connectivity index (χ3n) is 2.69. The number of rotatable bonds is 2. The maximum atomic E-state index is 12.5. The van der Waals surface area contributed by atoms with Gasteiger partial charge in [0.15, 0.2) is 0 Å². The number of methoxy groups -OCH3 is 1. The summed E-state index contributed by atoms with van der Waals surface area (Å²) in [7, 11) is 1.49. The van der Waals surface area contributed by atoms with Crippen molar-refractivity contribution in [2.45, 2.75) is 18.3 Å². The Kier molecular flexibility index (Phi) is 2.94. The molecule has 18 heavy (non-hydrogen) atoms. The molecule has 0 fully saturated rings. The molecule has 1 atom stereocenters. The average molecular weight is 260 g/mol. The fraction of sp³-hybridized carbons (Fsp3) is 0.364. The first-order valence-electron chi connectivity index (χ1n) is 5.13. The Balaban J connectivity index is 2.17. The van der Waals surface area contributed by atoms with E-state index in [0.717, 1.165) is 0 Å². The van der Waals surface area contributed by atoms with Gasteiger partial charge in [0.1, 0.15) is 5.75 Å². The van der Waals surface area contributed by atoms with Crippen molar-refractivity contribution in [2.75, 3.05) is 7.11 Å². The standard InChI is InChI=1S/C11H11F3N2O2/c1-18-8-4-2-7(3-5-8)9-6-10(17,16-15-9)11(12,13)14/h2-5,16-17H,6H2,1H3/t10-/m0/s1. The van der Waals surface area contributed by atoms with E-state index in [0.29, 0.717) is 11.3 Å². The van der Waals surface area contributed by atoms with Crippen LogP contribution in [0, 0.1) is 0 Å². The molecule has 0 spiro atoms. The van der Waals surface area contributed by atoms with Gasteiger partial charge >= 0.3 is 6.18 Å². The van der Waals surface area contributed by atoms with E-state index in [2.05, 4.69) is 5.10 Å². The minimum Gasteiger partial charge on any atom is -0.497 e. The second kappa shape index (κ2) is 4.16. The fourth-order valence-corrected chi connectivity index (χ4v) is 1.59. The number of hydrazone groups is 1. The molecule has 0 aliphatic carbocycles. The Hall–Kier alpha value is -1.76. The number of halogens is 3. The zero-order valence-corrected chi connectivity index (χ0v) is 9.45. The Labute approximate surface area is 101 Å². The van der Waals surface area contributed by atoms with Crippen LogP contribution in [0.4, 0.5) is 13.2 Å². The zero-order valence-electron chi connectivity index (χ0n) is 9.45. The van der Waals surface area contributed by atoms with Crippen molar-refractivity contribution in [3.05, 3.63) is 29.8 Å².